The van der Waals surface area contributed by atoms with E-state index in [1.54, 1.807) is 6.07 Å². The molecule has 1 aliphatic heterocycles. The van der Waals surface area contributed by atoms with E-state index in [9.17, 15) is 25.2 Å². The third-order valence-corrected chi connectivity index (χ3v) is 6.39. The van der Waals surface area contributed by atoms with Crippen molar-refractivity contribution >= 4 is 5.78 Å². The summed E-state index contributed by atoms with van der Waals surface area (Å²) in [7, 11) is 0. The summed E-state index contributed by atoms with van der Waals surface area (Å²) >= 11 is 0. The lowest BCUT2D eigenvalue weighted by Crippen LogP contribution is -2.26. The number of carbonyl (C=O) groups excluding carboxylic acids is 1. The van der Waals surface area contributed by atoms with E-state index in [-0.39, 0.29) is 52.9 Å². The summed E-state index contributed by atoms with van der Waals surface area (Å²) < 4.78 is 5.74. The zero-order valence-electron chi connectivity index (χ0n) is 21.7. The van der Waals surface area contributed by atoms with Crippen LogP contribution in [0, 0.1) is 0 Å². The predicted molar refractivity (Wildman–Crippen MR) is 141 cm³/mol. The highest BCUT2D eigenvalue weighted by Crippen LogP contribution is 2.45. The van der Waals surface area contributed by atoms with Crippen molar-refractivity contribution in [1.82, 2.24) is 0 Å². The van der Waals surface area contributed by atoms with Crippen molar-refractivity contribution < 1.29 is 30.0 Å². The quantitative estimate of drug-likeness (QED) is 0.309. The maximum Gasteiger partial charge on any atom is 0.181 e. The highest BCUT2D eigenvalue weighted by Gasteiger charge is 2.36. The van der Waals surface area contributed by atoms with E-state index in [4.69, 9.17) is 4.74 Å². The van der Waals surface area contributed by atoms with E-state index >= 15 is 0 Å². The van der Waals surface area contributed by atoms with E-state index < -0.39 is 11.7 Å². The minimum atomic E-state index is -0.869. The fourth-order valence-electron chi connectivity index (χ4n) is 4.24. The number of phenolic OH excluding ortho intramolecular Hbond substituents is 4. The Labute approximate surface area is 212 Å². The largest absolute Gasteiger partial charge is 0.508 e. The number of ketones is 1. The molecule has 2 aromatic carbocycles. The van der Waals surface area contributed by atoms with Crippen molar-refractivity contribution in [3.63, 3.8) is 0 Å². The molecule has 1 heterocycles. The fraction of sp³-hybridized carbons (Fsp3) is 0.367. The minimum Gasteiger partial charge on any atom is -0.508 e. The zero-order valence-corrected chi connectivity index (χ0v) is 21.7. The maximum atomic E-state index is 13.5. The van der Waals surface area contributed by atoms with Gasteiger partial charge in [0.1, 0.15) is 40.9 Å². The second-order valence-corrected chi connectivity index (χ2v) is 9.92. The van der Waals surface area contributed by atoms with E-state index in [1.807, 2.05) is 32.9 Å². The first-order valence-corrected chi connectivity index (χ1v) is 12.2. The molecule has 0 spiro atoms. The van der Waals surface area contributed by atoms with Crippen molar-refractivity contribution in [1.29, 1.82) is 0 Å². The van der Waals surface area contributed by atoms with Gasteiger partial charge in [-0.05, 0) is 71.9 Å². The monoisotopic (exact) mass is 492 g/mol. The summed E-state index contributed by atoms with van der Waals surface area (Å²) in [6.45, 7) is 9.92. The zero-order chi connectivity index (χ0) is 26.6. The summed E-state index contributed by atoms with van der Waals surface area (Å²) in [6, 6.07) is 4.22. The van der Waals surface area contributed by atoms with Crippen LogP contribution < -0.4 is 4.74 Å². The molecule has 192 valence electrons. The van der Waals surface area contributed by atoms with Gasteiger partial charge < -0.3 is 25.2 Å². The third-order valence-electron chi connectivity index (χ3n) is 6.39. The number of aromatic hydroxyl groups is 4. The van der Waals surface area contributed by atoms with E-state index in [2.05, 4.69) is 19.9 Å². The molecule has 1 aliphatic rings. The average molecular weight is 493 g/mol. The molecule has 0 bridgehead atoms. The molecule has 0 aromatic heterocycles. The Balaban J connectivity index is 1.92. The van der Waals surface area contributed by atoms with Crippen molar-refractivity contribution in [2.45, 2.75) is 66.2 Å². The number of benzene rings is 2. The summed E-state index contributed by atoms with van der Waals surface area (Å²) in [5.41, 5.74) is 4.61. The van der Waals surface area contributed by atoms with Crippen LogP contribution in [0.4, 0.5) is 0 Å². The molecule has 4 N–H and O–H groups in total. The Morgan fingerprint density at radius 2 is 1.58 bits per heavy atom. The van der Waals surface area contributed by atoms with E-state index in [0.29, 0.717) is 17.5 Å². The number of allylic oxidation sites excluding steroid dienone is 6. The molecule has 0 amide bonds. The van der Waals surface area contributed by atoms with Crippen LogP contribution in [0.25, 0.3) is 0 Å². The Hall–Kier alpha value is -3.67. The van der Waals surface area contributed by atoms with Gasteiger partial charge in [0.2, 0.25) is 0 Å². The standard InChI is InChI=1S/C30H36O6/c1-17(2)7-6-8-19(5)10-11-20-13-22(25(32)14-24(20)31)23-16-36-27-15-26(33)21(12-9-18(3)4)29(34)28(27)30(23)35/h7,9-10,13-15,23,31-34H,6,8,11-12,16H2,1-5H3/b19-10+/t23-/m0/s1. The number of Topliss-reactive ketones (excluding diaryl/α,β-unsaturated/α-hetero) is 1. The number of carbonyl (C=O) groups is 1. The molecule has 0 radical (unpaired) electrons. The summed E-state index contributed by atoms with van der Waals surface area (Å²) in [6.07, 6.45) is 8.63. The maximum absolute atomic E-state index is 13.5. The van der Waals surface area contributed by atoms with Crippen LogP contribution >= 0.6 is 0 Å². The number of rotatable bonds is 8. The second-order valence-electron chi connectivity index (χ2n) is 9.92. The molecular formula is C30H36O6. The SMILES string of the molecule is CC(C)=CCC/C(C)=C/Cc1cc([C@@H]2COc3cc(O)c(CC=C(C)C)c(O)c3C2=O)c(O)cc1O. The molecule has 1 atom stereocenters. The van der Waals surface area contributed by atoms with Crippen LogP contribution in [0.5, 0.6) is 28.7 Å². The molecule has 0 saturated heterocycles. The van der Waals surface area contributed by atoms with Crippen LogP contribution in [0.2, 0.25) is 0 Å². The summed E-state index contributed by atoms with van der Waals surface area (Å²) in [4.78, 5) is 13.5. The molecule has 0 saturated carbocycles. The molecule has 0 aliphatic carbocycles. The van der Waals surface area contributed by atoms with Gasteiger partial charge in [0.15, 0.2) is 5.78 Å². The van der Waals surface area contributed by atoms with Gasteiger partial charge >= 0.3 is 0 Å². The lowest BCUT2D eigenvalue weighted by molar-refractivity contribution is 0.0889. The number of hydrogen-bond donors (Lipinski definition) is 4. The van der Waals surface area contributed by atoms with E-state index in [1.165, 1.54) is 23.3 Å². The van der Waals surface area contributed by atoms with Gasteiger partial charge in [0.25, 0.3) is 0 Å². The topological polar surface area (TPSA) is 107 Å². The van der Waals surface area contributed by atoms with Crippen molar-refractivity contribution in [3.05, 3.63) is 75.4 Å². The Bertz CT molecular complexity index is 1240. The number of phenols is 4. The molecule has 36 heavy (non-hydrogen) atoms. The average Bonchev–Trinajstić information content (AvgIpc) is 2.78. The van der Waals surface area contributed by atoms with Crippen LogP contribution in [0.1, 0.15) is 80.4 Å². The van der Waals surface area contributed by atoms with Crippen molar-refractivity contribution in [3.8, 4) is 28.7 Å². The van der Waals surface area contributed by atoms with E-state index in [0.717, 1.165) is 18.4 Å². The number of fused-ring (bicyclic) bond motifs is 1. The molecule has 6 nitrogen and oxygen atoms in total. The number of hydrogen-bond acceptors (Lipinski definition) is 6. The lowest BCUT2D eigenvalue weighted by Gasteiger charge is -2.27. The van der Waals surface area contributed by atoms with Crippen molar-refractivity contribution in [2.75, 3.05) is 6.61 Å². The highest BCUT2D eigenvalue weighted by molar-refractivity contribution is 6.07. The fourth-order valence-corrected chi connectivity index (χ4v) is 4.24. The van der Waals surface area contributed by atoms with Crippen molar-refractivity contribution in [2.24, 2.45) is 0 Å². The smallest absolute Gasteiger partial charge is 0.181 e. The normalized spacial score (nSPS) is 15.2. The minimum absolute atomic E-state index is 0.00903. The first-order chi connectivity index (χ1) is 17.0. The molecular weight excluding hydrogens is 456 g/mol. The van der Waals surface area contributed by atoms with Crippen LogP contribution in [0.3, 0.4) is 0 Å². The summed E-state index contributed by atoms with van der Waals surface area (Å²) in [5.74, 6) is -1.89. The van der Waals surface area contributed by atoms with Gasteiger partial charge in [-0.3, -0.25) is 4.79 Å². The van der Waals surface area contributed by atoms with Gasteiger partial charge in [-0.2, -0.15) is 0 Å². The first kappa shape index (κ1) is 26.9. The van der Waals surface area contributed by atoms with Crippen LogP contribution in [-0.4, -0.2) is 32.8 Å². The Kier molecular flexibility index (Phi) is 8.51. The third kappa shape index (κ3) is 6.11. The number of ether oxygens (including phenoxy) is 1. The van der Waals surface area contributed by atoms with Crippen LogP contribution in [0.15, 0.2) is 53.1 Å². The van der Waals surface area contributed by atoms with Gasteiger partial charge in [-0.25, -0.2) is 0 Å². The molecule has 3 rings (SSSR count). The van der Waals surface area contributed by atoms with Gasteiger partial charge in [0, 0.05) is 23.3 Å². The van der Waals surface area contributed by atoms with Gasteiger partial charge in [-0.1, -0.05) is 34.9 Å². The predicted octanol–water partition coefficient (Wildman–Crippen LogP) is 6.61. The molecule has 2 aromatic rings. The molecule has 0 unspecified atom stereocenters. The summed E-state index contributed by atoms with van der Waals surface area (Å²) in [5, 5.41) is 42.3. The molecule has 0 fully saturated rings. The second kappa shape index (κ2) is 11.4. The Morgan fingerprint density at radius 1 is 0.889 bits per heavy atom. The first-order valence-electron chi connectivity index (χ1n) is 12.2. The molecule has 6 heteroatoms. The highest BCUT2D eigenvalue weighted by atomic mass is 16.5. The van der Waals surface area contributed by atoms with Gasteiger partial charge in [-0.15, -0.1) is 0 Å². The Morgan fingerprint density at radius 3 is 2.25 bits per heavy atom. The van der Waals surface area contributed by atoms with Crippen LogP contribution in [-0.2, 0) is 12.8 Å². The van der Waals surface area contributed by atoms with Gasteiger partial charge in [0.05, 0.1) is 5.92 Å². The lowest BCUT2D eigenvalue weighted by atomic mass is 9.85.